The van der Waals surface area contributed by atoms with Crippen molar-refractivity contribution in [1.29, 1.82) is 0 Å². The number of nitrogens with zero attached hydrogens (tertiary/aromatic N) is 2. The third-order valence-electron chi connectivity index (χ3n) is 7.48. The van der Waals surface area contributed by atoms with Crippen LogP contribution in [0.25, 0.3) is 11.1 Å². The number of likely N-dealkylation sites (tertiary alicyclic amines) is 1. The number of aromatic nitrogens is 1. The van der Waals surface area contributed by atoms with Crippen LogP contribution >= 0.6 is 11.6 Å². The molecule has 0 spiro atoms. The molecule has 38 heavy (non-hydrogen) atoms. The molecular weight excluding hydrogens is 504 g/mol. The van der Waals surface area contributed by atoms with Crippen molar-refractivity contribution in [2.45, 2.75) is 63.4 Å². The Hall–Kier alpha value is -2.43. The van der Waals surface area contributed by atoms with Crippen LogP contribution in [0.2, 0.25) is 5.02 Å². The lowest BCUT2D eigenvalue weighted by molar-refractivity contribution is -0.160. The zero-order chi connectivity index (χ0) is 27.7. The van der Waals surface area contributed by atoms with Gasteiger partial charge in [0.2, 0.25) is 0 Å². The van der Waals surface area contributed by atoms with Crippen LogP contribution in [-0.4, -0.2) is 73.0 Å². The van der Waals surface area contributed by atoms with Crippen LogP contribution in [0.15, 0.2) is 24.3 Å². The van der Waals surface area contributed by atoms with Crippen LogP contribution in [0.5, 0.6) is 0 Å². The number of carbonyl (C=O) groups is 1. The van der Waals surface area contributed by atoms with E-state index < -0.39 is 23.3 Å². The second-order valence-electron chi connectivity index (χ2n) is 11.1. The number of hydrogen-bond donors (Lipinski definition) is 5. The van der Waals surface area contributed by atoms with E-state index in [1.165, 1.54) is 12.8 Å². The van der Waals surface area contributed by atoms with Crippen molar-refractivity contribution < 1.29 is 14.6 Å². The molecule has 2 unspecified atom stereocenters. The van der Waals surface area contributed by atoms with Gasteiger partial charge in [-0.05, 0) is 84.9 Å². The molecule has 2 aliphatic heterocycles. The Balaban J connectivity index is 1.94. The Morgan fingerprint density at radius 2 is 1.89 bits per heavy atom. The van der Waals surface area contributed by atoms with E-state index in [0.717, 1.165) is 42.7 Å². The number of nitrogens with one attached hydrogen (secondary N) is 4. The Morgan fingerprint density at radius 3 is 2.42 bits per heavy atom. The lowest BCUT2D eigenvalue weighted by atomic mass is 9.86. The topological polar surface area (TPSA) is 111 Å². The number of carboxylic acid groups (broad SMARTS) is 1. The van der Waals surface area contributed by atoms with Crippen LogP contribution in [0.1, 0.15) is 63.3 Å². The van der Waals surface area contributed by atoms with E-state index >= 15 is 0 Å². The third-order valence-corrected chi connectivity index (χ3v) is 7.73. The molecule has 1 aromatic heterocycles. The fourth-order valence-corrected chi connectivity index (χ4v) is 5.88. The number of rotatable bonds is 10. The van der Waals surface area contributed by atoms with Gasteiger partial charge < -0.3 is 30.7 Å². The van der Waals surface area contributed by atoms with E-state index in [1.807, 2.05) is 59.1 Å². The molecule has 1 fully saturated rings. The van der Waals surface area contributed by atoms with E-state index in [-0.39, 0.29) is 6.04 Å². The molecule has 0 saturated carbocycles. The lowest BCUT2D eigenvalue weighted by Gasteiger charge is -2.37. The van der Waals surface area contributed by atoms with Gasteiger partial charge >= 0.3 is 5.97 Å². The molecule has 3 atom stereocenters. The third kappa shape index (κ3) is 5.62. The van der Waals surface area contributed by atoms with Gasteiger partial charge in [-0.1, -0.05) is 23.7 Å². The van der Waals surface area contributed by atoms with Crippen LogP contribution in [0, 0.1) is 0 Å². The number of hydrogen-bond acceptors (Lipinski definition) is 8. The quantitative estimate of drug-likeness (QED) is 0.296. The molecule has 10 heteroatoms. The molecule has 1 saturated heterocycles. The predicted molar refractivity (Wildman–Crippen MR) is 153 cm³/mol. The molecule has 5 N–H and O–H groups in total. The van der Waals surface area contributed by atoms with Crippen molar-refractivity contribution in [3.63, 3.8) is 0 Å². The summed E-state index contributed by atoms with van der Waals surface area (Å²) >= 11 is 6.26. The molecule has 0 bridgehead atoms. The molecule has 2 aliphatic rings. The maximum Gasteiger partial charge on any atom is 0.337 e. The van der Waals surface area contributed by atoms with Crippen molar-refractivity contribution in [3.8, 4) is 11.1 Å². The highest BCUT2D eigenvalue weighted by Crippen LogP contribution is 2.50. The molecule has 0 aliphatic carbocycles. The number of carboxylic acids is 1. The fourth-order valence-electron chi connectivity index (χ4n) is 5.75. The van der Waals surface area contributed by atoms with E-state index in [2.05, 4.69) is 26.2 Å². The molecule has 9 nitrogen and oxygen atoms in total. The Kier molecular flexibility index (Phi) is 8.54. The smallest absolute Gasteiger partial charge is 0.337 e. The number of likely N-dealkylation sites (N-methyl/N-ethyl adjacent to an activating group) is 2. The van der Waals surface area contributed by atoms with Gasteiger partial charge in [-0.15, -0.1) is 0 Å². The summed E-state index contributed by atoms with van der Waals surface area (Å²) in [6.07, 6.45) is 2.05. The minimum absolute atomic E-state index is 0.197. The maximum absolute atomic E-state index is 12.7. The van der Waals surface area contributed by atoms with Crippen molar-refractivity contribution >= 4 is 29.2 Å². The molecular formula is C28H41ClN6O3. The Morgan fingerprint density at radius 1 is 1.24 bits per heavy atom. The fraction of sp³-hybridized carbons (Fsp3) is 0.571. The molecule has 208 valence electrons. The average molecular weight is 545 g/mol. The van der Waals surface area contributed by atoms with E-state index in [9.17, 15) is 9.90 Å². The maximum atomic E-state index is 12.7. The van der Waals surface area contributed by atoms with Crippen molar-refractivity contribution in [2.24, 2.45) is 0 Å². The van der Waals surface area contributed by atoms with Crippen LogP contribution in [0.3, 0.4) is 0 Å². The van der Waals surface area contributed by atoms with Gasteiger partial charge in [0, 0.05) is 35.3 Å². The van der Waals surface area contributed by atoms with E-state index in [0.29, 0.717) is 22.2 Å². The molecule has 2 aromatic rings. The van der Waals surface area contributed by atoms with Crippen LogP contribution in [0.4, 0.5) is 11.6 Å². The van der Waals surface area contributed by atoms with Gasteiger partial charge in [0.15, 0.2) is 6.10 Å². The normalized spacial score (nSPS) is 22.2. The SMILES string of the molecule is CNc1nc2c(c(-c3ccc(Cl)cc3)c1[C@H](OC(C)(C)C)C(=O)O)C(NC)C(CCN1CCCC1)(NC)N2. The first-order chi connectivity index (χ1) is 18.0. The average Bonchev–Trinajstić information content (AvgIpc) is 3.50. The molecule has 0 amide bonds. The Labute approximate surface area is 230 Å². The highest BCUT2D eigenvalue weighted by molar-refractivity contribution is 6.30. The second kappa shape index (κ2) is 11.4. The number of ether oxygens (including phenoxy) is 1. The number of halogens is 1. The minimum Gasteiger partial charge on any atom is -0.479 e. The Bertz CT molecular complexity index is 1150. The van der Waals surface area contributed by atoms with Crippen molar-refractivity contribution in [2.75, 3.05) is 51.4 Å². The highest BCUT2D eigenvalue weighted by atomic mass is 35.5. The summed E-state index contributed by atoms with van der Waals surface area (Å²) in [7, 11) is 5.64. The molecule has 0 radical (unpaired) electrons. The summed E-state index contributed by atoms with van der Waals surface area (Å²) < 4.78 is 6.17. The van der Waals surface area contributed by atoms with Crippen LogP contribution in [-0.2, 0) is 9.53 Å². The molecule has 3 heterocycles. The monoisotopic (exact) mass is 544 g/mol. The zero-order valence-electron chi connectivity index (χ0n) is 23.2. The van der Waals surface area contributed by atoms with Crippen molar-refractivity contribution in [3.05, 3.63) is 40.4 Å². The van der Waals surface area contributed by atoms with Gasteiger partial charge in [-0.25, -0.2) is 9.78 Å². The number of pyridine rings is 1. The van der Waals surface area contributed by atoms with Crippen LogP contribution < -0.4 is 21.3 Å². The summed E-state index contributed by atoms with van der Waals surface area (Å²) in [6.45, 7) is 8.73. The number of fused-ring (bicyclic) bond motifs is 1. The van der Waals surface area contributed by atoms with Gasteiger partial charge in [0.25, 0.3) is 0 Å². The lowest BCUT2D eigenvalue weighted by Crippen LogP contribution is -2.56. The minimum atomic E-state index is -1.24. The van der Waals surface area contributed by atoms with Gasteiger partial charge in [-0.2, -0.15) is 0 Å². The summed E-state index contributed by atoms with van der Waals surface area (Å²) in [5.41, 5.74) is 1.79. The predicted octanol–water partition coefficient (Wildman–Crippen LogP) is 4.47. The highest BCUT2D eigenvalue weighted by Gasteiger charge is 2.48. The first-order valence-electron chi connectivity index (χ1n) is 13.3. The van der Waals surface area contributed by atoms with E-state index in [4.69, 9.17) is 21.3 Å². The summed E-state index contributed by atoms with van der Waals surface area (Å²) in [5.74, 6) is 0.0893. The number of anilines is 2. The molecule has 4 rings (SSSR count). The van der Waals surface area contributed by atoms with E-state index in [1.54, 1.807) is 7.05 Å². The van der Waals surface area contributed by atoms with Gasteiger partial charge in [0.1, 0.15) is 17.3 Å². The summed E-state index contributed by atoms with van der Waals surface area (Å²) in [4.78, 5) is 20.2. The molecule has 1 aromatic carbocycles. The second-order valence-corrected chi connectivity index (χ2v) is 11.5. The number of benzene rings is 1. The van der Waals surface area contributed by atoms with Gasteiger partial charge in [-0.3, -0.25) is 5.32 Å². The number of aliphatic carboxylic acids is 1. The van der Waals surface area contributed by atoms with Crippen molar-refractivity contribution in [1.82, 2.24) is 20.5 Å². The summed E-state index contributed by atoms with van der Waals surface area (Å²) in [5, 5.41) is 24.9. The van der Waals surface area contributed by atoms with Gasteiger partial charge in [0.05, 0.1) is 11.6 Å². The first-order valence-corrected chi connectivity index (χ1v) is 13.7. The summed E-state index contributed by atoms with van der Waals surface area (Å²) in [6, 6.07) is 7.29. The first kappa shape index (κ1) is 28.6. The largest absolute Gasteiger partial charge is 0.479 e. The standard InChI is InChI=1S/C28H41ClN6O3/c1-27(2,3)38-22(26(36)37)20-19(17-9-11-18(29)12-10-17)21-23(30-4)28(32-6,13-16-35-14-7-8-15-35)34-25(21)33-24(20)31-5/h9-12,22-23,30,32H,7-8,13-16H2,1-6H3,(H,36,37)(H2,31,33,34)/t22-,23?,28?/m0/s1. The zero-order valence-corrected chi connectivity index (χ0v) is 24.0.